The Labute approximate surface area is 177 Å². The van der Waals surface area contributed by atoms with Crippen molar-refractivity contribution in [3.8, 4) is 22.7 Å². The van der Waals surface area contributed by atoms with Crippen LogP contribution in [0.1, 0.15) is 15.9 Å². The van der Waals surface area contributed by atoms with Crippen LogP contribution in [0.5, 0.6) is 5.75 Å². The van der Waals surface area contributed by atoms with Gasteiger partial charge >= 0.3 is 6.61 Å². The van der Waals surface area contributed by atoms with Gasteiger partial charge in [0.15, 0.2) is 0 Å². The number of benzene rings is 3. The van der Waals surface area contributed by atoms with Gasteiger partial charge in [0.25, 0.3) is 5.91 Å². The minimum atomic E-state index is -2.91. The predicted molar refractivity (Wildman–Crippen MR) is 113 cm³/mol. The van der Waals surface area contributed by atoms with Crippen molar-refractivity contribution in [1.82, 2.24) is 15.1 Å². The fourth-order valence-corrected chi connectivity index (χ4v) is 3.16. The zero-order valence-corrected chi connectivity index (χ0v) is 16.4. The average Bonchev–Trinajstić information content (AvgIpc) is 3.23. The first kappa shape index (κ1) is 20.3. The molecule has 0 atom stereocenters. The summed E-state index contributed by atoms with van der Waals surface area (Å²) in [6, 6.07) is 25.0. The van der Waals surface area contributed by atoms with Gasteiger partial charge in [0.05, 0.1) is 11.4 Å². The van der Waals surface area contributed by atoms with Crippen LogP contribution in [0.25, 0.3) is 16.9 Å². The highest BCUT2D eigenvalue weighted by atomic mass is 19.3. The lowest BCUT2D eigenvalue weighted by Crippen LogP contribution is -2.22. The molecule has 0 aliphatic carbocycles. The number of nitrogens with one attached hydrogen (secondary N) is 1. The van der Waals surface area contributed by atoms with Crippen molar-refractivity contribution in [3.05, 3.63) is 102 Å². The molecule has 0 radical (unpaired) electrons. The van der Waals surface area contributed by atoms with Gasteiger partial charge in [-0.2, -0.15) is 13.9 Å². The molecule has 1 aromatic heterocycles. The number of alkyl halides is 2. The highest BCUT2D eigenvalue weighted by molar-refractivity contribution is 5.94. The number of hydrogen-bond donors (Lipinski definition) is 1. The van der Waals surface area contributed by atoms with Crippen LogP contribution >= 0.6 is 0 Å². The van der Waals surface area contributed by atoms with Gasteiger partial charge < -0.3 is 10.1 Å². The quantitative estimate of drug-likeness (QED) is 0.455. The second-order valence-corrected chi connectivity index (χ2v) is 6.73. The highest BCUT2D eigenvalue weighted by Crippen LogP contribution is 2.24. The minimum Gasteiger partial charge on any atom is -0.435 e. The Balaban J connectivity index is 1.54. The summed E-state index contributed by atoms with van der Waals surface area (Å²) in [5, 5.41) is 7.59. The molecule has 1 N–H and O–H groups in total. The van der Waals surface area contributed by atoms with Crippen LogP contribution < -0.4 is 10.1 Å². The van der Waals surface area contributed by atoms with Crippen LogP contribution in [-0.2, 0) is 6.54 Å². The lowest BCUT2D eigenvalue weighted by molar-refractivity contribution is -0.0498. The van der Waals surface area contributed by atoms with E-state index in [1.54, 1.807) is 4.68 Å². The molecular formula is C24H19F2N3O2. The third-order valence-electron chi connectivity index (χ3n) is 4.64. The Kier molecular flexibility index (Phi) is 6.03. The molecule has 1 amide bonds. The van der Waals surface area contributed by atoms with Crippen LogP contribution in [-0.4, -0.2) is 22.3 Å². The second kappa shape index (κ2) is 9.21. The maximum absolute atomic E-state index is 12.5. The fourth-order valence-electron chi connectivity index (χ4n) is 3.16. The molecule has 0 saturated carbocycles. The van der Waals surface area contributed by atoms with Gasteiger partial charge in [0.1, 0.15) is 5.75 Å². The van der Waals surface area contributed by atoms with Gasteiger partial charge in [0.2, 0.25) is 0 Å². The molecule has 1 heterocycles. The van der Waals surface area contributed by atoms with E-state index in [1.165, 1.54) is 24.3 Å². The smallest absolute Gasteiger partial charge is 0.387 e. The summed E-state index contributed by atoms with van der Waals surface area (Å²) in [7, 11) is 0. The van der Waals surface area contributed by atoms with Crippen LogP contribution in [0.15, 0.2) is 91.1 Å². The van der Waals surface area contributed by atoms with Crippen LogP contribution in [0.2, 0.25) is 0 Å². The summed E-state index contributed by atoms with van der Waals surface area (Å²) < 4.78 is 30.7. The van der Waals surface area contributed by atoms with Gasteiger partial charge in [0, 0.05) is 29.4 Å². The van der Waals surface area contributed by atoms with Crippen molar-refractivity contribution in [2.24, 2.45) is 0 Å². The average molecular weight is 419 g/mol. The molecule has 0 spiro atoms. The summed E-state index contributed by atoms with van der Waals surface area (Å²) in [5.74, 6) is -0.322. The van der Waals surface area contributed by atoms with E-state index in [0.29, 0.717) is 5.56 Å². The third kappa shape index (κ3) is 4.95. The standard InChI is InChI=1S/C24H19F2N3O2/c25-24(26)31-21-13-11-18(12-14-21)23(30)27-15-19-16-29(20-9-5-2-6-10-20)28-22(19)17-7-3-1-4-8-17/h1-14,16,24H,15H2,(H,27,30). The largest absolute Gasteiger partial charge is 0.435 e. The molecule has 0 aliphatic heterocycles. The number of rotatable bonds is 7. The van der Waals surface area contributed by atoms with Crippen molar-refractivity contribution in [2.75, 3.05) is 0 Å². The maximum Gasteiger partial charge on any atom is 0.387 e. The highest BCUT2D eigenvalue weighted by Gasteiger charge is 2.14. The van der Waals surface area contributed by atoms with E-state index in [-0.39, 0.29) is 18.2 Å². The molecule has 156 valence electrons. The molecule has 7 heteroatoms. The molecular weight excluding hydrogens is 400 g/mol. The Bertz CT molecular complexity index is 1140. The van der Waals surface area contributed by atoms with E-state index in [4.69, 9.17) is 5.10 Å². The van der Waals surface area contributed by atoms with E-state index in [0.717, 1.165) is 22.5 Å². The summed E-state index contributed by atoms with van der Waals surface area (Å²) in [6.45, 7) is -2.65. The Morgan fingerprint density at radius 1 is 0.935 bits per heavy atom. The summed E-state index contributed by atoms with van der Waals surface area (Å²) in [6.07, 6.45) is 1.89. The normalized spacial score (nSPS) is 10.8. The van der Waals surface area contributed by atoms with Crippen molar-refractivity contribution in [1.29, 1.82) is 0 Å². The number of hydrogen-bond acceptors (Lipinski definition) is 3. The van der Waals surface area contributed by atoms with E-state index in [2.05, 4.69) is 10.1 Å². The summed E-state index contributed by atoms with van der Waals surface area (Å²) in [4.78, 5) is 12.5. The first-order chi connectivity index (χ1) is 15.1. The van der Waals surface area contributed by atoms with Gasteiger partial charge in [-0.3, -0.25) is 4.79 Å². The molecule has 4 rings (SSSR count). The van der Waals surface area contributed by atoms with Crippen molar-refractivity contribution < 1.29 is 18.3 Å². The summed E-state index contributed by atoms with van der Waals surface area (Å²) in [5.41, 5.74) is 3.81. The number of ether oxygens (including phenoxy) is 1. The van der Waals surface area contributed by atoms with E-state index < -0.39 is 6.61 Å². The van der Waals surface area contributed by atoms with Crippen molar-refractivity contribution in [3.63, 3.8) is 0 Å². The number of carbonyl (C=O) groups excluding carboxylic acids is 1. The number of carbonyl (C=O) groups is 1. The van der Waals surface area contributed by atoms with E-state index >= 15 is 0 Å². The van der Waals surface area contributed by atoms with Crippen molar-refractivity contribution in [2.45, 2.75) is 13.2 Å². The monoisotopic (exact) mass is 419 g/mol. The Morgan fingerprint density at radius 3 is 2.23 bits per heavy atom. The predicted octanol–water partition coefficient (Wildman–Crippen LogP) is 5.07. The van der Waals surface area contributed by atoms with Gasteiger partial charge in [-0.25, -0.2) is 4.68 Å². The number of para-hydroxylation sites is 1. The molecule has 0 aliphatic rings. The number of halogens is 2. The maximum atomic E-state index is 12.5. The van der Waals surface area contributed by atoms with Crippen LogP contribution in [0, 0.1) is 0 Å². The fraction of sp³-hybridized carbons (Fsp3) is 0.0833. The molecule has 0 saturated heterocycles. The first-order valence-corrected chi connectivity index (χ1v) is 9.62. The molecule has 4 aromatic rings. The third-order valence-corrected chi connectivity index (χ3v) is 4.64. The second-order valence-electron chi connectivity index (χ2n) is 6.73. The van der Waals surface area contributed by atoms with Crippen LogP contribution in [0.3, 0.4) is 0 Å². The zero-order chi connectivity index (χ0) is 21.6. The molecule has 5 nitrogen and oxygen atoms in total. The number of aromatic nitrogens is 2. The van der Waals surface area contributed by atoms with Crippen molar-refractivity contribution >= 4 is 5.91 Å². The molecule has 0 bridgehead atoms. The molecule has 0 unspecified atom stereocenters. The molecule has 0 fully saturated rings. The lowest BCUT2D eigenvalue weighted by atomic mass is 10.1. The van der Waals surface area contributed by atoms with Gasteiger partial charge in [-0.05, 0) is 36.4 Å². The van der Waals surface area contributed by atoms with Gasteiger partial charge in [-0.1, -0.05) is 48.5 Å². The van der Waals surface area contributed by atoms with Crippen LogP contribution in [0.4, 0.5) is 8.78 Å². The van der Waals surface area contributed by atoms with E-state index in [1.807, 2.05) is 66.9 Å². The van der Waals surface area contributed by atoms with Gasteiger partial charge in [-0.15, -0.1) is 0 Å². The topological polar surface area (TPSA) is 56.2 Å². The van der Waals surface area contributed by atoms with E-state index in [9.17, 15) is 13.6 Å². The SMILES string of the molecule is O=C(NCc1cn(-c2ccccc2)nc1-c1ccccc1)c1ccc(OC(F)F)cc1. The molecule has 31 heavy (non-hydrogen) atoms. The minimum absolute atomic E-state index is 0.00190. The number of nitrogens with zero attached hydrogens (tertiary/aromatic N) is 2. The Hall–Kier alpha value is -4.00. The summed E-state index contributed by atoms with van der Waals surface area (Å²) >= 11 is 0. The molecule has 3 aromatic carbocycles. The first-order valence-electron chi connectivity index (χ1n) is 9.62. The lowest BCUT2D eigenvalue weighted by Gasteiger charge is -2.07. The number of amides is 1. The Morgan fingerprint density at radius 2 is 1.58 bits per heavy atom. The zero-order valence-electron chi connectivity index (χ0n) is 16.4.